The Morgan fingerprint density at radius 2 is 1.70 bits per heavy atom. The van der Waals surface area contributed by atoms with E-state index in [1.807, 2.05) is 13.8 Å². The van der Waals surface area contributed by atoms with Gasteiger partial charge in [-0.3, -0.25) is 0 Å². The maximum absolute atomic E-state index is 2.56. The van der Waals surface area contributed by atoms with Gasteiger partial charge in [0, 0.05) is 12.6 Å². The number of hydrogen-bond donors (Lipinski definition) is 0. The summed E-state index contributed by atoms with van der Waals surface area (Å²) < 4.78 is 0. The predicted octanol–water partition coefficient (Wildman–Crippen LogP) is 3.67. The Kier molecular flexibility index (Phi) is 8.56. The molecule has 1 fully saturated rings. The van der Waals surface area contributed by atoms with Crippen LogP contribution in [0.5, 0.6) is 0 Å². The molecule has 0 spiro atoms. The van der Waals surface area contributed by atoms with Crippen LogP contribution < -0.4 is 0 Å². The normalized spacial score (nSPS) is 16.9. The third kappa shape index (κ3) is 5.64. The Balaban J connectivity index is 0.000000956. The Morgan fingerprint density at radius 1 is 1.10 bits per heavy atom. The molecule has 1 aromatic carbocycles. The van der Waals surface area contributed by atoms with Crippen LogP contribution in [0.2, 0.25) is 0 Å². The minimum atomic E-state index is 0.788. The smallest absolute Gasteiger partial charge is 0.0117 e. The predicted molar refractivity (Wildman–Crippen MR) is 89.3 cm³/mol. The molecular formula is C18H32N2. The summed E-state index contributed by atoms with van der Waals surface area (Å²) in [6, 6.07) is 11.6. The second-order valence-corrected chi connectivity index (χ2v) is 5.38. The average molecular weight is 276 g/mol. The van der Waals surface area contributed by atoms with Crippen molar-refractivity contribution in [1.29, 1.82) is 0 Å². The number of likely N-dealkylation sites (tertiary alicyclic amines) is 1. The molecule has 2 rings (SSSR count). The summed E-state index contributed by atoms with van der Waals surface area (Å²) in [5.41, 5.74) is 1.45. The molecule has 0 aliphatic carbocycles. The summed E-state index contributed by atoms with van der Waals surface area (Å²) in [5, 5.41) is 0. The van der Waals surface area contributed by atoms with Crippen LogP contribution in [0, 0.1) is 0 Å². The van der Waals surface area contributed by atoms with Crippen molar-refractivity contribution in [2.24, 2.45) is 0 Å². The fraction of sp³-hybridized carbons (Fsp3) is 0.667. The maximum Gasteiger partial charge on any atom is 0.0117 e. The molecule has 0 aromatic heterocycles. The Bertz CT molecular complexity index is 329. The van der Waals surface area contributed by atoms with Crippen molar-refractivity contribution in [3.63, 3.8) is 0 Å². The van der Waals surface area contributed by atoms with E-state index in [1.54, 1.807) is 0 Å². The first-order valence-electron chi connectivity index (χ1n) is 8.26. The van der Waals surface area contributed by atoms with E-state index >= 15 is 0 Å². The first-order valence-corrected chi connectivity index (χ1v) is 8.26. The zero-order valence-corrected chi connectivity index (χ0v) is 13.8. The van der Waals surface area contributed by atoms with Gasteiger partial charge in [0.05, 0.1) is 0 Å². The van der Waals surface area contributed by atoms with Crippen LogP contribution in [0.4, 0.5) is 0 Å². The molecule has 0 radical (unpaired) electrons. The van der Waals surface area contributed by atoms with Gasteiger partial charge in [-0.25, -0.2) is 0 Å². The molecule has 1 aliphatic rings. The van der Waals surface area contributed by atoms with Gasteiger partial charge in [-0.15, -0.1) is 0 Å². The lowest BCUT2D eigenvalue weighted by molar-refractivity contribution is 0.132. The molecule has 0 saturated carbocycles. The Hall–Kier alpha value is -0.860. The van der Waals surface area contributed by atoms with Gasteiger partial charge in [-0.05, 0) is 51.5 Å². The standard InChI is InChI=1S/C16H26N2.C2H6/c1-3-18-13-10-16(11-14-18)17(2)12-9-15-7-5-4-6-8-15;1-2/h4-8,16H,3,9-14H2,1-2H3;1-2H3. The summed E-state index contributed by atoms with van der Waals surface area (Å²) in [6.45, 7) is 11.2. The Morgan fingerprint density at radius 3 is 2.25 bits per heavy atom. The summed E-state index contributed by atoms with van der Waals surface area (Å²) in [4.78, 5) is 5.11. The highest BCUT2D eigenvalue weighted by atomic mass is 15.2. The van der Waals surface area contributed by atoms with E-state index in [0.717, 1.165) is 6.04 Å². The largest absolute Gasteiger partial charge is 0.303 e. The van der Waals surface area contributed by atoms with E-state index in [-0.39, 0.29) is 0 Å². The summed E-state index contributed by atoms with van der Waals surface area (Å²) in [7, 11) is 2.29. The van der Waals surface area contributed by atoms with Crippen molar-refractivity contribution < 1.29 is 0 Å². The summed E-state index contributed by atoms with van der Waals surface area (Å²) in [5.74, 6) is 0. The summed E-state index contributed by atoms with van der Waals surface area (Å²) in [6.07, 6.45) is 3.84. The third-order valence-corrected chi connectivity index (χ3v) is 4.22. The van der Waals surface area contributed by atoms with Crippen molar-refractivity contribution >= 4 is 0 Å². The molecule has 0 amide bonds. The molecule has 2 nitrogen and oxygen atoms in total. The van der Waals surface area contributed by atoms with E-state index in [1.165, 1.54) is 51.0 Å². The Labute approximate surface area is 125 Å². The molecule has 1 aromatic rings. The van der Waals surface area contributed by atoms with E-state index in [0.29, 0.717) is 0 Å². The van der Waals surface area contributed by atoms with Crippen LogP contribution in [0.3, 0.4) is 0 Å². The number of hydrogen-bond acceptors (Lipinski definition) is 2. The number of nitrogens with zero attached hydrogens (tertiary/aromatic N) is 2. The first-order chi connectivity index (χ1) is 9.79. The number of likely N-dealkylation sites (N-methyl/N-ethyl adjacent to an activating group) is 1. The molecule has 1 saturated heterocycles. The van der Waals surface area contributed by atoms with Crippen LogP contribution in [-0.2, 0) is 6.42 Å². The highest BCUT2D eigenvalue weighted by Crippen LogP contribution is 2.15. The van der Waals surface area contributed by atoms with Crippen molar-refractivity contribution in [3.05, 3.63) is 35.9 Å². The van der Waals surface area contributed by atoms with Gasteiger partial charge in [0.25, 0.3) is 0 Å². The van der Waals surface area contributed by atoms with Crippen molar-refractivity contribution in [3.8, 4) is 0 Å². The van der Waals surface area contributed by atoms with E-state index in [2.05, 4.69) is 54.1 Å². The highest BCUT2D eigenvalue weighted by Gasteiger charge is 2.20. The molecule has 1 aliphatic heterocycles. The zero-order valence-electron chi connectivity index (χ0n) is 13.8. The van der Waals surface area contributed by atoms with E-state index < -0.39 is 0 Å². The third-order valence-electron chi connectivity index (χ3n) is 4.22. The van der Waals surface area contributed by atoms with E-state index in [9.17, 15) is 0 Å². The molecule has 20 heavy (non-hydrogen) atoms. The van der Waals surface area contributed by atoms with Gasteiger partial charge in [-0.2, -0.15) is 0 Å². The minimum Gasteiger partial charge on any atom is -0.303 e. The minimum absolute atomic E-state index is 0.788. The summed E-state index contributed by atoms with van der Waals surface area (Å²) >= 11 is 0. The number of rotatable bonds is 5. The molecule has 0 atom stereocenters. The van der Waals surface area contributed by atoms with Gasteiger partial charge in [0.15, 0.2) is 0 Å². The average Bonchev–Trinajstić information content (AvgIpc) is 2.55. The molecule has 0 N–H and O–H groups in total. The van der Waals surface area contributed by atoms with Crippen LogP contribution in [0.1, 0.15) is 39.2 Å². The van der Waals surface area contributed by atoms with Crippen LogP contribution in [0.15, 0.2) is 30.3 Å². The molecule has 2 heteroatoms. The number of piperidine rings is 1. The molecule has 114 valence electrons. The fourth-order valence-electron chi connectivity index (χ4n) is 2.81. The molecular weight excluding hydrogens is 244 g/mol. The molecule has 0 bridgehead atoms. The molecule has 0 unspecified atom stereocenters. The quantitative estimate of drug-likeness (QED) is 0.809. The van der Waals surface area contributed by atoms with Gasteiger partial charge in [-0.1, -0.05) is 51.1 Å². The van der Waals surface area contributed by atoms with Gasteiger partial charge in [0.2, 0.25) is 0 Å². The fourth-order valence-corrected chi connectivity index (χ4v) is 2.81. The molecule has 1 heterocycles. The first kappa shape index (κ1) is 17.2. The van der Waals surface area contributed by atoms with Crippen LogP contribution in [-0.4, -0.2) is 49.1 Å². The SMILES string of the molecule is CC.CCN1CCC(N(C)CCc2ccccc2)CC1. The van der Waals surface area contributed by atoms with Gasteiger partial charge in [0.1, 0.15) is 0 Å². The monoisotopic (exact) mass is 276 g/mol. The van der Waals surface area contributed by atoms with E-state index in [4.69, 9.17) is 0 Å². The van der Waals surface area contributed by atoms with Crippen molar-refractivity contribution in [2.75, 3.05) is 33.2 Å². The lowest BCUT2D eigenvalue weighted by Crippen LogP contribution is -2.43. The number of benzene rings is 1. The van der Waals surface area contributed by atoms with Gasteiger partial charge < -0.3 is 9.80 Å². The van der Waals surface area contributed by atoms with Crippen LogP contribution >= 0.6 is 0 Å². The second-order valence-electron chi connectivity index (χ2n) is 5.38. The van der Waals surface area contributed by atoms with Crippen LogP contribution in [0.25, 0.3) is 0 Å². The maximum atomic E-state index is 2.56. The van der Waals surface area contributed by atoms with Crippen molar-refractivity contribution in [2.45, 2.75) is 46.1 Å². The van der Waals surface area contributed by atoms with Gasteiger partial charge >= 0.3 is 0 Å². The van der Waals surface area contributed by atoms with Crippen molar-refractivity contribution in [1.82, 2.24) is 9.80 Å². The zero-order chi connectivity index (χ0) is 14.8. The highest BCUT2D eigenvalue weighted by molar-refractivity contribution is 5.14. The lowest BCUT2D eigenvalue weighted by Gasteiger charge is -2.36. The second kappa shape index (κ2) is 9.95. The lowest BCUT2D eigenvalue weighted by atomic mass is 10.0. The topological polar surface area (TPSA) is 6.48 Å².